The van der Waals surface area contributed by atoms with Crippen LogP contribution in [0.25, 0.3) is 0 Å². The summed E-state index contributed by atoms with van der Waals surface area (Å²) in [6.07, 6.45) is -2.50. The van der Waals surface area contributed by atoms with Crippen LogP contribution in [0.2, 0.25) is 0 Å². The Morgan fingerprint density at radius 2 is 2.11 bits per heavy atom. The number of alkyl halides is 3. The number of hydrogen-bond donors (Lipinski definition) is 2. The maximum absolute atomic E-state index is 12.4. The fourth-order valence-electron chi connectivity index (χ4n) is 1.24. The first-order chi connectivity index (χ1) is 8.93. The van der Waals surface area contributed by atoms with Gasteiger partial charge in [0, 0.05) is 25.7 Å². The summed E-state index contributed by atoms with van der Waals surface area (Å²) in [5.74, 6) is -0.306. The molecule has 2 N–H and O–H groups in total. The van der Waals surface area contributed by atoms with Gasteiger partial charge in [-0.2, -0.15) is 13.2 Å². The zero-order chi connectivity index (χ0) is 14.3. The van der Waals surface area contributed by atoms with E-state index >= 15 is 0 Å². The van der Waals surface area contributed by atoms with Crippen LogP contribution < -0.4 is 10.6 Å². The summed E-state index contributed by atoms with van der Waals surface area (Å²) in [7, 11) is 0. The summed E-state index contributed by atoms with van der Waals surface area (Å²) >= 11 is 0. The number of amides is 1. The summed E-state index contributed by atoms with van der Waals surface area (Å²) in [5, 5.41) is 5.24. The topological polar surface area (TPSA) is 66.9 Å². The molecular formula is C11H15F3N4O. The van der Waals surface area contributed by atoms with Crippen molar-refractivity contribution in [3.63, 3.8) is 0 Å². The minimum absolute atomic E-state index is 0.141. The average Bonchev–Trinajstić information content (AvgIpc) is 2.36. The van der Waals surface area contributed by atoms with Crippen molar-refractivity contribution in [3.05, 3.63) is 18.0 Å². The van der Waals surface area contributed by atoms with Crippen molar-refractivity contribution in [2.24, 2.45) is 0 Å². The zero-order valence-electron chi connectivity index (χ0n) is 10.4. The van der Waals surface area contributed by atoms with Crippen LogP contribution in [0.15, 0.2) is 12.3 Å². The molecule has 0 aliphatic carbocycles. The third-order valence-corrected chi connectivity index (χ3v) is 2.15. The Balaban J connectivity index is 2.44. The van der Waals surface area contributed by atoms with E-state index in [-0.39, 0.29) is 24.8 Å². The molecule has 1 heterocycles. The number of carbonyl (C=O) groups excluding carboxylic acids is 1. The van der Waals surface area contributed by atoms with E-state index in [9.17, 15) is 18.0 Å². The molecule has 1 aromatic heterocycles. The van der Waals surface area contributed by atoms with Crippen LogP contribution in [0.3, 0.4) is 0 Å². The first kappa shape index (κ1) is 15.2. The second kappa shape index (κ2) is 6.91. The highest BCUT2D eigenvalue weighted by molar-refractivity contribution is 5.76. The number of aromatic nitrogens is 2. The van der Waals surface area contributed by atoms with Crippen LogP contribution >= 0.6 is 0 Å². The fraction of sp³-hybridized carbons (Fsp3) is 0.545. The monoisotopic (exact) mass is 276 g/mol. The van der Waals surface area contributed by atoms with Crippen molar-refractivity contribution in [1.29, 1.82) is 0 Å². The van der Waals surface area contributed by atoms with Crippen LogP contribution in [0, 0.1) is 0 Å². The fourth-order valence-corrected chi connectivity index (χ4v) is 1.24. The molecule has 0 aromatic carbocycles. The van der Waals surface area contributed by atoms with Crippen molar-refractivity contribution in [3.8, 4) is 0 Å². The highest BCUT2D eigenvalue weighted by Gasteiger charge is 2.32. The normalized spacial score (nSPS) is 11.2. The molecule has 5 nitrogen and oxygen atoms in total. The van der Waals surface area contributed by atoms with E-state index in [0.29, 0.717) is 6.54 Å². The molecule has 1 amide bonds. The zero-order valence-corrected chi connectivity index (χ0v) is 10.4. The molecule has 0 saturated carbocycles. The third kappa shape index (κ3) is 5.54. The van der Waals surface area contributed by atoms with Crippen LogP contribution in [0.5, 0.6) is 0 Å². The predicted molar refractivity (Wildman–Crippen MR) is 63.4 cm³/mol. The first-order valence-corrected chi connectivity index (χ1v) is 5.84. The van der Waals surface area contributed by atoms with E-state index < -0.39 is 11.9 Å². The van der Waals surface area contributed by atoms with Crippen LogP contribution in [-0.2, 0) is 11.0 Å². The summed E-state index contributed by atoms with van der Waals surface area (Å²) in [4.78, 5) is 18.2. The molecular weight excluding hydrogens is 261 g/mol. The minimum Gasteiger partial charge on any atom is -0.356 e. The molecule has 0 saturated heterocycles. The lowest BCUT2D eigenvalue weighted by Gasteiger charge is -2.08. The number of carbonyl (C=O) groups is 1. The van der Waals surface area contributed by atoms with E-state index in [2.05, 4.69) is 20.6 Å². The molecule has 0 spiro atoms. The molecule has 0 bridgehead atoms. The average molecular weight is 276 g/mol. The number of anilines is 1. The van der Waals surface area contributed by atoms with E-state index in [1.54, 1.807) is 0 Å². The Labute approximate surface area is 108 Å². The van der Waals surface area contributed by atoms with Crippen molar-refractivity contribution < 1.29 is 18.0 Å². The van der Waals surface area contributed by atoms with Crippen LogP contribution in [0.4, 0.5) is 19.1 Å². The smallest absolute Gasteiger partial charge is 0.356 e. The lowest BCUT2D eigenvalue weighted by molar-refractivity contribution is -0.141. The second-order valence-corrected chi connectivity index (χ2v) is 3.79. The SMILES string of the molecule is CCCNC(=O)CCNc1nccc(C(F)(F)F)n1. The minimum atomic E-state index is -4.50. The standard InChI is InChI=1S/C11H15F3N4O/c1-2-5-15-9(19)4-7-17-10-16-6-3-8(18-10)11(12,13)14/h3,6H,2,4-5,7H2,1H3,(H,15,19)(H,16,17,18). The molecule has 0 fully saturated rings. The van der Waals surface area contributed by atoms with Crippen molar-refractivity contribution >= 4 is 11.9 Å². The highest BCUT2D eigenvalue weighted by atomic mass is 19.4. The van der Waals surface area contributed by atoms with E-state index in [1.165, 1.54) is 0 Å². The molecule has 1 aromatic rings. The van der Waals surface area contributed by atoms with Gasteiger partial charge in [0.25, 0.3) is 0 Å². The Kier molecular flexibility index (Phi) is 5.53. The molecule has 0 radical (unpaired) electrons. The summed E-state index contributed by atoms with van der Waals surface area (Å²) in [5.41, 5.74) is -1.01. The Morgan fingerprint density at radius 3 is 2.74 bits per heavy atom. The van der Waals surface area contributed by atoms with Gasteiger partial charge in [-0.15, -0.1) is 0 Å². The van der Waals surface area contributed by atoms with E-state index in [4.69, 9.17) is 0 Å². The maximum atomic E-state index is 12.4. The van der Waals surface area contributed by atoms with Gasteiger partial charge < -0.3 is 10.6 Å². The number of halogens is 3. The van der Waals surface area contributed by atoms with Gasteiger partial charge in [-0.25, -0.2) is 9.97 Å². The molecule has 0 atom stereocenters. The molecule has 8 heteroatoms. The van der Waals surface area contributed by atoms with Gasteiger partial charge in [-0.05, 0) is 12.5 Å². The lowest BCUT2D eigenvalue weighted by Crippen LogP contribution is -2.26. The third-order valence-electron chi connectivity index (χ3n) is 2.15. The second-order valence-electron chi connectivity index (χ2n) is 3.79. The highest BCUT2D eigenvalue weighted by Crippen LogP contribution is 2.27. The summed E-state index contributed by atoms with van der Waals surface area (Å²) in [6.45, 7) is 2.69. The first-order valence-electron chi connectivity index (χ1n) is 5.84. The number of nitrogens with one attached hydrogen (secondary N) is 2. The van der Waals surface area contributed by atoms with Crippen molar-refractivity contribution in [1.82, 2.24) is 15.3 Å². The van der Waals surface area contributed by atoms with Gasteiger partial charge in [-0.1, -0.05) is 6.92 Å². The van der Waals surface area contributed by atoms with Crippen LogP contribution in [-0.4, -0.2) is 29.0 Å². The number of rotatable bonds is 6. The maximum Gasteiger partial charge on any atom is 0.433 e. The largest absolute Gasteiger partial charge is 0.433 e. The van der Waals surface area contributed by atoms with Crippen LogP contribution in [0.1, 0.15) is 25.5 Å². The lowest BCUT2D eigenvalue weighted by atomic mass is 10.3. The molecule has 0 aliphatic heterocycles. The Bertz CT molecular complexity index is 423. The number of hydrogen-bond acceptors (Lipinski definition) is 4. The van der Waals surface area contributed by atoms with Crippen molar-refractivity contribution in [2.75, 3.05) is 18.4 Å². The number of nitrogens with zero attached hydrogens (tertiary/aromatic N) is 2. The van der Waals surface area contributed by atoms with Gasteiger partial charge in [0.2, 0.25) is 11.9 Å². The molecule has 0 unspecified atom stereocenters. The van der Waals surface area contributed by atoms with Gasteiger partial charge in [0.15, 0.2) is 0 Å². The predicted octanol–water partition coefficient (Wildman–Crippen LogP) is 1.82. The molecule has 0 aliphatic rings. The van der Waals surface area contributed by atoms with Crippen molar-refractivity contribution in [2.45, 2.75) is 25.9 Å². The van der Waals surface area contributed by atoms with Gasteiger partial charge >= 0.3 is 6.18 Å². The molecule has 1 rings (SSSR count). The van der Waals surface area contributed by atoms with E-state index in [0.717, 1.165) is 18.7 Å². The van der Waals surface area contributed by atoms with Gasteiger partial charge in [0.05, 0.1) is 0 Å². The quantitative estimate of drug-likeness (QED) is 0.831. The molecule has 106 valence electrons. The van der Waals surface area contributed by atoms with Gasteiger partial charge in [-0.3, -0.25) is 4.79 Å². The summed E-state index contributed by atoms with van der Waals surface area (Å²) < 4.78 is 37.1. The Hall–Kier alpha value is -1.86. The summed E-state index contributed by atoms with van der Waals surface area (Å²) in [6, 6.07) is 0.791. The van der Waals surface area contributed by atoms with Gasteiger partial charge in [0.1, 0.15) is 5.69 Å². The molecule has 19 heavy (non-hydrogen) atoms. The van der Waals surface area contributed by atoms with E-state index in [1.807, 2.05) is 6.92 Å². The Morgan fingerprint density at radius 1 is 1.37 bits per heavy atom.